The van der Waals surface area contributed by atoms with Gasteiger partial charge in [-0.05, 0) is 35.6 Å². The van der Waals surface area contributed by atoms with Crippen LogP contribution in [0.25, 0.3) is 0 Å². The van der Waals surface area contributed by atoms with Crippen LogP contribution < -0.4 is 20.5 Å². The van der Waals surface area contributed by atoms with Gasteiger partial charge >= 0.3 is 0 Å². The van der Waals surface area contributed by atoms with Crippen LogP contribution in [0.5, 0.6) is 11.5 Å². The molecule has 0 unspecified atom stereocenters. The molecule has 0 saturated heterocycles. The van der Waals surface area contributed by atoms with Crippen molar-refractivity contribution in [3.05, 3.63) is 23.8 Å². The molecule has 1 amide bonds. The highest BCUT2D eigenvalue weighted by Crippen LogP contribution is 2.24. The van der Waals surface area contributed by atoms with Crippen LogP contribution in [0, 0.1) is 5.41 Å². The van der Waals surface area contributed by atoms with Gasteiger partial charge in [-0.25, -0.2) is 0 Å². The van der Waals surface area contributed by atoms with Gasteiger partial charge in [-0.2, -0.15) is 0 Å². The van der Waals surface area contributed by atoms with Crippen LogP contribution in [0.1, 0.15) is 26.3 Å². The summed E-state index contributed by atoms with van der Waals surface area (Å²) in [6.45, 7) is 6.35. The molecule has 5 nitrogen and oxygen atoms in total. The Morgan fingerprint density at radius 1 is 1.29 bits per heavy atom. The quantitative estimate of drug-likeness (QED) is 0.838. The van der Waals surface area contributed by atoms with E-state index in [2.05, 4.69) is 5.32 Å². The number of nitrogens with one attached hydrogen (secondary N) is 1. The van der Waals surface area contributed by atoms with Gasteiger partial charge in [-0.1, -0.05) is 20.8 Å². The Morgan fingerprint density at radius 3 is 2.48 bits per heavy atom. The first kappa shape index (κ1) is 17.3. The number of benzene rings is 1. The Balaban J connectivity index is 2.62. The summed E-state index contributed by atoms with van der Waals surface area (Å²) in [6.07, 6.45) is 0.656. The number of rotatable bonds is 6. The number of methoxy groups -OCH3 is 2. The molecule has 1 rings (SSSR count). The molecular weight excluding hydrogens is 268 g/mol. The number of carbonyl (C=O) groups excluding carboxylic acids is 1. The maximum atomic E-state index is 12.0. The molecule has 0 spiro atoms. The summed E-state index contributed by atoms with van der Waals surface area (Å²) < 4.78 is 10.5. The molecule has 1 atom stereocenters. The average Bonchev–Trinajstić information content (AvgIpc) is 2.45. The molecule has 0 aliphatic rings. The molecule has 5 heteroatoms. The van der Waals surface area contributed by atoms with E-state index in [-0.39, 0.29) is 11.3 Å². The van der Waals surface area contributed by atoms with E-state index in [0.29, 0.717) is 13.0 Å². The minimum absolute atomic E-state index is 0.135. The van der Waals surface area contributed by atoms with Crippen LogP contribution in [0.4, 0.5) is 0 Å². The Morgan fingerprint density at radius 2 is 1.95 bits per heavy atom. The molecule has 3 N–H and O–H groups in total. The van der Waals surface area contributed by atoms with Crippen molar-refractivity contribution in [2.45, 2.75) is 33.2 Å². The molecule has 0 aliphatic carbocycles. The second-order valence-electron chi connectivity index (χ2n) is 6.06. The zero-order valence-corrected chi connectivity index (χ0v) is 13.5. The van der Waals surface area contributed by atoms with E-state index in [9.17, 15) is 4.79 Å². The minimum Gasteiger partial charge on any atom is -0.497 e. The lowest BCUT2D eigenvalue weighted by Gasteiger charge is -2.25. The molecule has 0 bridgehead atoms. The lowest BCUT2D eigenvalue weighted by molar-refractivity contribution is -0.124. The first-order chi connectivity index (χ1) is 9.79. The van der Waals surface area contributed by atoms with Crippen LogP contribution in [0.15, 0.2) is 18.2 Å². The SMILES string of the molecule is COc1ccc(OC)c(CCNC(=O)[C@@H](N)C(C)(C)C)c1. The molecular formula is C16H26N2O3. The third-order valence-corrected chi connectivity index (χ3v) is 3.40. The van der Waals surface area contributed by atoms with Gasteiger partial charge in [0, 0.05) is 6.54 Å². The Bertz CT molecular complexity index is 481. The third kappa shape index (κ3) is 4.93. The molecule has 0 saturated carbocycles. The Hall–Kier alpha value is -1.75. The number of hydrogen-bond acceptors (Lipinski definition) is 4. The van der Waals surface area contributed by atoms with Crippen molar-refractivity contribution in [3.8, 4) is 11.5 Å². The molecule has 0 aliphatic heterocycles. The van der Waals surface area contributed by atoms with E-state index in [4.69, 9.17) is 15.2 Å². The van der Waals surface area contributed by atoms with E-state index in [0.717, 1.165) is 17.1 Å². The highest BCUT2D eigenvalue weighted by atomic mass is 16.5. The van der Waals surface area contributed by atoms with Gasteiger partial charge in [0.1, 0.15) is 11.5 Å². The minimum atomic E-state index is -0.523. The molecule has 0 heterocycles. The van der Waals surface area contributed by atoms with Crippen molar-refractivity contribution < 1.29 is 14.3 Å². The lowest BCUT2D eigenvalue weighted by atomic mass is 9.87. The molecule has 0 fully saturated rings. The second-order valence-corrected chi connectivity index (χ2v) is 6.06. The fourth-order valence-electron chi connectivity index (χ4n) is 1.90. The summed E-state index contributed by atoms with van der Waals surface area (Å²) in [6, 6.07) is 5.09. The Labute approximate surface area is 126 Å². The van der Waals surface area contributed by atoms with E-state index in [1.54, 1.807) is 14.2 Å². The normalized spacial score (nSPS) is 12.7. The van der Waals surface area contributed by atoms with Crippen LogP contribution in [0.3, 0.4) is 0 Å². The molecule has 21 heavy (non-hydrogen) atoms. The predicted molar refractivity (Wildman–Crippen MR) is 83.7 cm³/mol. The van der Waals surface area contributed by atoms with Crippen LogP contribution in [0.2, 0.25) is 0 Å². The molecule has 1 aromatic carbocycles. The average molecular weight is 294 g/mol. The smallest absolute Gasteiger partial charge is 0.237 e. The van der Waals surface area contributed by atoms with Gasteiger partial charge in [0.25, 0.3) is 0 Å². The lowest BCUT2D eigenvalue weighted by Crippen LogP contribution is -2.49. The predicted octanol–water partition coefficient (Wildman–Crippen LogP) is 1.74. The summed E-state index contributed by atoms with van der Waals surface area (Å²) in [5.74, 6) is 1.41. The summed E-state index contributed by atoms with van der Waals surface area (Å²) in [7, 11) is 3.25. The topological polar surface area (TPSA) is 73.6 Å². The first-order valence-corrected chi connectivity index (χ1v) is 7.03. The maximum absolute atomic E-state index is 12.0. The summed E-state index contributed by atoms with van der Waals surface area (Å²) in [5.41, 5.74) is 6.65. The number of carbonyl (C=O) groups is 1. The maximum Gasteiger partial charge on any atom is 0.237 e. The molecule has 1 aromatic rings. The van der Waals surface area contributed by atoms with Crippen molar-refractivity contribution in [2.75, 3.05) is 20.8 Å². The summed E-state index contributed by atoms with van der Waals surface area (Å²) in [5, 5.41) is 2.87. The van der Waals surface area contributed by atoms with Crippen molar-refractivity contribution in [1.82, 2.24) is 5.32 Å². The number of ether oxygens (including phenoxy) is 2. The van der Waals surface area contributed by atoms with Gasteiger partial charge in [0.15, 0.2) is 0 Å². The van der Waals surface area contributed by atoms with Crippen LogP contribution >= 0.6 is 0 Å². The zero-order chi connectivity index (χ0) is 16.0. The van der Waals surface area contributed by atoms with E-state index >= 15 is 0 Å². The molecule has 118 valence electrons. The highest BCUT2D eigenvalue weighted by Gasteiger charge is 2.26. The number of nitrogens with two attached hydrogens (primary N) is 1. The van der Waals surface area contributed by atoms with Gasteiger partial charge in [0.05, 0.1) is 20.3 Å². The van der Waals surface area contributed by atoms with Gasteiger partial charge in [-0.3, -0.25) is 4.79 Å². The van der Waals surface area contributed by atoms with E-state index in [1.807, 2.05) is 39.0 Å². The van der Waals surface area contributed by atoms with Crippen molar-refractivity contribution in [1.29, 1.82) is 0 Å². The fourth-order valence-corrected chi connectivity index (χ4v) is 1.90. The number of hydrogen-bond donors (Lipinski definition) is 2. The third-order valence-electron chi connectivity index (χ3n) is 3.40. The first-order valence-electron chi connectivity index (χ1n) is 7.03. The summed E-state index contributed by atoms with van der Waals surface area (Å²) >= 11 is 0. The van der Waals surface area contributed by atoms with Crippen LogP contribution in [-0.2, 0) is 11.2 Å². The van der Waals surface area contributed by atoms with Crippen molar-refractivity contribution >= 4 is 5.91 Å². The van der Waals surface area contributed by atoms with Gasteiger partial charge in [0.2, 0.25) is 5.91 Å². The molecule has 0 aromatic heterocycles. The zero-order valence-electron chi connectivity index (χ0n) is 13.5. The number of amides is 1. The monoisotopic (exact) mass is 294 g/mol. The van der Waals surface area contributed by atoms with E-state index in [1.165, 1.54) is 0 Å². The standard InChI is InChI=1S/C16H26N2O3/c1-16(2,3)14(17)15(19)18-9-8-11-10-12(20-4)6-7-13(11)21-5/h6-7,10,14H,8-9,17H2,1-5H3,(H,18,19)/t14-/m1/s1. The van der Waals surface area contributed by atoms with Gasteiger partial charge < -0.3 is 20.5 Å². The van der Waals surface area contributed by atoms with Crippen molar-refractivity contribution in [3.63, 3.8) is 0 Å². The largest absolute Gasteiger partial charge is 0.497 e. The summed E-state index contributed by atoms with van der Waals surface area (Å²) in [4.78, 5) is 12.0. The highest BCUT2D eigenvalue weighted by molar-refractivity contribution is 5.82. The van der Waals surface area contributed by atoms with Gasteiger partial charge in [-0.15, -0.1) is 0 Å². The molecule has 0 radical (unpaired) electrons. The second kappa shape index (κ2) is 7.31. The van der Waals surface area contributed by atoms with Crippen molar-refractivity contribution in [2.24, 2.45) is 11.1 Å². The van der Waals surface area contributed by atoms with Crippen LogP contribution in [-0.4, -0.2) is 32.7 Å². The fraction of sp³-hybridized carbons (Fsp3) is 0.562. The van der Waals surface area contributed by atoms with E-state index < -0.39 is 6.04 Å². The Kier molecular flexibility index (Phi) is 6.03.